The summed E-state index contributed by atoms with van der Waals surface area (Å²) in [6.45, 7) is 0. The van der Waals surface area contributed by atoms with Crippen molar-refractivity contribution in [3.8, 4) is 17.1 Å². The van der Waals surface area contributed by atoms with Crippen molar-refractivity contribution in [3.63, 3.8) is 0 Å². The molecule has 0 aliphatic carbocycles. The van der Waals surface area contributed by atoms with Gasteiger partial charge in [0.15, 0.2) is 11.6 Å². The SMILES string of the molecule is CN(c1cnc(-c2ccc(Br)cc2O)nn1)[C@@H]1C[C@H]2CC[C@@H](N2)[C@@H]1F. The van der Waals surface area contributed by atoms with Gasteiger partial charge in [-0.1, -0.05) is 15.9 Å². The van der Waals surface area contributed by atoms with E-state index in [-0.39, 0.29) is 17.8 Å². The number of nitrogens with one attached hydrogen (secondary N) is 1. The van der Waals surface area contributed by atoms with E-state index in [9.17, 15) is 9.50 Å². The second kappa shape index (κ2) is 6.49. The van der Waals surface area contributed by atoms with Gasteiger partial charge in [0, 0.05) is 23.6 Å². The minimum atomic E-state index is -0.930. The lowest BCUT2D eigenvalue weighted by Crippen LogP contribution is -2.55. The van der Waals surface area contributed by atoms with Gasteiger partial charge in [-0.2, -0.15) is 0 Å². The van der Waals surface area contributed by atoms with Gasteiger partial charge in [-0.15, -0.1) is 10.2 Å². The Morgan fingerprint density at radius 2 is 2.16 bits per heavy atom. The molecule has 4 atom stereocenters. The Labute approximate surface area is 153 Å². The van der Waals surface area contributed by atoms with Gasteiger partial charge in [-0.3, -0.25) is 0 Å². The summed E-state index contributed by atoms with van der Waals surface area (Å²) in [4.78, 5) is 6.14. The molecule has 4 rings (SSSR count). The summed E-state index contributed by atoms with van der Waals surface area (Å²) >= 11 is 3.30. The van der Waals surface area contributed by atoms with Gasteiger partial charge in [0.1, 0.15) is 11.9 Å². The number of alkyl halides is 1. The number of nitrogens with zero attached hydrogens (tertiary/aromatic N) is 4. The summed E-state index contributed by atoms with van der Waals surface area (Å²) in [6, 6.07) is 5.20. The molecule has 1 aromatic carbocycles. The molecular formula is C17H19BrFN5O. The number of hydrogen-bond acceptors (Lipinski definition) is 6. The van der Waals surface area contributed by atoms with Crippen LogP contribution in [0.4, 0.5) is 10.2 Å². The predicted molar refractivity (Wildman–Crippen MR) is 96.3 cm³/mol. The van der Waals surface area contributed by atoms with Crippen molar-refractivity contribution in [1.82, 2.24) is 20.5 Å². The zero-order valence-electron chi connectivity index (χ0n) is 13.7. The lowest BCUT2D eigenvalue weighted by Gasteiger charge is -2.38. The Balaban J connectivity index is 1.55. The highest BCUT2D eigenvalue weighted by Gasteiger charge is 2.43. The molecular weight excluding hydrogens is 389 g/mol. The average molecular weight is 408 g/mol. The molecule has 2 fully saturated rings. The Hall–Kier alpha value is -1.80. The first-order chi connectivity index (χ1) is 12.0. The molecule has 25 heavy (non-hydrogen) atoms. The number of benzene rings is 1. The Kier molecular flexibility index (Phi) is 4.33. The van der Waals surface area contributed by atoms with E-state index >= 15 is 0 Å². The third-order valence-corrected chi connectivity index (χ3v) is 5.66. The molecule has 6 nitrogen and oxygen atoms in total. The van der Waals surface area contributed by atoms with E-state index in [1.54, 1.807) is 24.4 Å². The van der Waals surface area contributed by atoms with Crippen LogP contribution in [0.3, 0.4) is 0 Å². The van der Waals surface area contributed by atoms with E-state index in [4.69, 9.17) is 0 Å². The smallest absolute Gasteiger partial charge is 0.185 e. The molecule has 2 aromatic rings. The first-order valence-electron chi connectivity index (χ1n) is 8.34. The highest BCUT2D eigenvalue weighted by molar-refractivity contribution is 9.10. The van der Waals surface area contributed by atoms with Crippen molar-refractivity contribution < 1.29 is 9.50 Å². The molecule has 3 heterocycles. The molecule has 132 valence electrons. The number of anilines is 1. The zero-order valence-corrected chi connectivity index (χ0v) is 15.3. The fraction of sp³-hybridized carbons (Fsp3) is 0.471. The van der Waals surface area contributed by atoms with Gasteiger partial charge in [0.05, 0.1) is 17.8 Å². The van der Waals surface area contributed by atoms with Crippen LogP contribution >= 0.6 is 15.9 Å². The van der Waals surface area contributed by atoms with Crippen LogP contribution in [0.5, 0.6) is 5.75 Å². The fourth-order valence-corrected chi connectivity index (χ4v) is 4.12. The van der Waals surface area contributed by atoms with Crippen LogP contribution in [0.1, 0.15) is 19.3 Å². The van der Waals surface area contributed by atoms with E-state index in [1.165, 1.54) is 0 Å². The third kappa shape index (κ3) is 3.08. The molecule has 2 saturated heterocycles. The molecule has 1 aromatic heterocycles. The number of aromatic nitrogens is 3. The maximum atomic E-state index is 14.7. The van der Waals surface area contributed by atoms with Crippen molar-refractivity contribution in [2.75, 3.05) is 11.9 Å². The van der Waals surface area contributed by atoms with Crippen molar-refractivity contribution in [3.05, 3.63) is 28.9 Å². The van der Waals surface area contributed by atoms with Gasteiger partial charge < -0.3 is 15.3 Å². The minimum Gasteiger partial charge on any atom is -0.507 e. The topological polar surface area (TPSA) is 74.2 Å². The lowest BCUT2D eigenvalue weighted by atomic mass is 9.96. The van der Waals surface area contributed by atoms with E-state index in [2.05, 4.69) is 36.4 Å². The molecule has 0 spiro atoms. The van der Waals surface area contributed by atoms with Crippen LogP contribution in [0, 0.1) is 0 Å². The van der Waals surface area contributed by atoms with E-state index < -0.39 is 6.17 Å². The predicted octanol–water partition coefficient (Wildman–Crippen LogP) is 2.67. The number of aromatic hydroxyl groups is 1. The van der Waals surface area contributed by atoms with Crippen LogP contribution in [-0.4, -0.2) is 51.6 Å². The summed E-state index contributed by atoms with van der Waals surface area (Å²) in [5.41, 5.74) is 0.508. The number of piperidine rings is 1. The van der Waals surface area contributed by atoms with Gasteiger partial charge in [-0.05, 0) is 37.5 Å². The van der Waals surface area contributed by atoms with Crippen molar-refractivity contribution in [2.45, 2.75) is 43.6 Å². The molecule has 2 aliphatic heterocycles. The lowest BCUT2D eigenvalue weighted by molar-refractivity contribution is 0.176. The summed E-state index contributed by atoms with van der Waals surface area (Å²) in [5, 5.41) is 21.7. The highest BCUT2D eigenvalue weighted by atomic mass is 79.9. The molecule has 2 N–H and O–H groups in total. The molecule has 0 saturated carbocycles. The van der Waals surface area contributed by atoms with Crippen molar-refractivity contribution in [1.29, 1.82) is 0 Å². The van der Waals surface area contributed by atoms with Gasteiger partial charge >= 0.3 is 0 Å². The highest BCUT2D eigenvalue weighted by Crippen LogP contribution is 2.33. The van der Waals surface area contributed by atoms with Crippen molar-refractivity contribution in [2.24, 2.45) is 0 Å². The summed E-state index contributed by atoms with van der Waals surface area (Å²) < 4.78 is 15.5. The number of phenolic OH excluding ortho intramolecular Hbond substituents is 1. The Morgan fingerprint density at radius 3 is 2.88 bits per heavy atom. The largest absolute Gasteiger partial charge is 0.507 e. The summed E-state index contributed by atoms with van der Waals surface area (Å²) in [7, 11) is 1.84. The second-order valence-corrected chi connectivity index (χ2v) is 7.62. The quantitative estimate of drug-likeness (QED) is 0.814. The Morgan fingerprint density at radius 1 is 1.32 bits per heavy atom. The number of hydrogen-bond donors (Lipinski definition) is 2. The minimum absolute atomic E-state index is 0.0638. The van der Waals surface area contributed by atoms with Gasteiger partial charge in [-0.25, -0.2) is 9.37 Å². The van der Waals surface area contributed by atoms with Crippen LogP contribution in [0.2, 0.25) is 0 Å². The molecule has 0 amide bonds. The molecule has 2 aliphatic rings. The summed E-state index contributed by atoms with van der Waals surface area (Å²) in [6.07, 6.45) is 3.33. The van der Waals surface area contributed by atoms with Gasteiger partial charge in [0.25, 0.3) is 0 Å². The zero-order chi connectivity index (χ0) is 17.6. The Bertz CT molecular complexity index is 774. The maximum absolute atomic E-state index is 14.7. The van der Waals surface area contributed by atoms with Crippen molar-refractivity contribution >= 4 is 21.7 Å². The van der Waals surface area contributed by atoms with Crippen LogP contribution < -0.4 is 10.2 Å². The number of rotatable bonds is 3. The van der Waals surface area contributed by atoms with E-state index in [1.807, 2.05) is 11.9 Å². The van der Waals surface area contributed by atoms with Crippen LogP contribution in [-0.2, 0) is 0 Å². The maximum Gasteiger partial charge on any atom is 0.185 e. The standard InChI is InChI=1S/C17H19BrFN5O/c1-24(13-7-10-3-5-12(21-10)16(13)19)15-8-20-17(23-22-15)11-4-2-9(18)6-14(11)25/h2,4,6,8,10,12-13,16,21,25H,3,5,7H2,1H3/t10-,12-,13-,16+/m1/s1. The average Bonchev–Trinajstić information content (AvgIpc) is 3.01. The third-order valence-electron chi connectivity index (χ3n) is 5.16. The fourth-order valence-electron chi connectivity index (χ4n) is 3.77. The van der Waals surface area contributed by atoms with E-state index in [0.717, 1.165) is 23.7 Å². The summed E-state index contributed by atoms with van der Waals surface area (Å²) in [5.74, 6) is 0.953. The second-order valence-electron chi connectivity index (χ2n) is 6.71. The number of phenols is 1. The number of halogens is 2. The van der Waals surface area contributed by atoms with Crippen LogP contribution in [0.15, 0.2) is 28.9 Å². The molecule has 2 bridgehead atoms. The monoisotopic (exact) mass is 407 g/mol. The van der Waals surface area contributed by atoms with Crippen LogP contribution in [0.25, 0.3) is 11.4 Å². The first-order valence-corrected chi connectivity index (χ1v) is 9.14. The molecule has 8 heteroatoms. The van der Waals surface area contributed by atoms with Gasteiger partial charge in [0.2, 0.25) is 0 Å². The molecule has 0 unspecified atom stereocenters. The normalized spacial score (nSPS) is 28.1. The first kappa shape index (κ1) is 16.7. The van der Waals surface area contributed by atoms with E-state index in [0.29, 0.717) is 23.2 Å². The molecule has 0 radical (unpaired) electrons. The number of fused-ring (bicyclic) bond motifs is 2.